The first-order valence-corrected chi connectivity index (χ1v) is 27.9. The highest BCUT2D eigenvalue weighted by Gasteiger charge is 2.28. The molecule has 1 atom stereocenters. The molecule has 404 valence electrons. The van der Waals surface area contributed by atoms with Crippen molar-refractivity contribution in [2.75, 3.05) is 48.1 Å². The number of hydrogen-bond donors (Lipinski definition) is 0. The lowest BCUT2D eigenvalue weighted by Gasteiger charge is -2.29. The van der Waals surface area contributed by atoms with Gasteiger partial charge in [0.2, 0.25) is 0 Å². The second kappa shape index (κ2) is 36.2. The van der Waals surface area contributed by atoms with Crippen LogP contribution in [0.15, 0.2) is 141 Å². The monoisotopic (exact) mass is 999 g/mol. The smallest absolute Gasteiger partial charge is 0.161 e. The van der Waals surface area contributed by atoms with Gasteiger partial charge in [0.05, 0.1) is 28.4 Å². The molecular weight excluding hydrogens is 897 g/mol. The number of allylic oxidation sites excluding steroid dienone is 17. The van der Waals surface area contributed by atoms with Crippen LogP contribution in [0, 0.1) is 0 Å². The summed E-state index contributed by atoms with van der Waals surface area (Å²) in [5.41, 5.74) is 15.9. The molecule has 1 aliphatic rings. The molecule has 0 bridgehead atoms. The molecule has 2 aromatic carbocycles. The summed E-state index contributed by atoms with van der Waals surface area (Å²) in [5, 5.41) is 0. The number of rotatable bonds is 35. The number of methoxy groups -OCH3 is 4. The number of hydrogen-bond acceptors (Lipinski definition) is 6. The van der Waals surface area contributed by atoms with E-state index in [1.54, 1.807) is 28.4 Å². The fourth-order valence-corrected chi connectivity index (χ4v) is 9.55. The Balaban J connectivity index is 1.37. The first kappa shape index (κ1) is 62.5. The van der Waals surface area contributed by atoms with E-state index in [4.69, 9.17) is 18.9 Å². The Kier molecular flexibility index (Phi) is 31.0. The topological polar surface area (TPSA) is 43.4 Å². The van der Waals surface area contributed by atoms with Gasteiger partial charge in [-0.05, 0) is 214 Å². The van der Waals surface area contributed by atoms with Crippen LogP contribution in [0.1, 0.15) is 190 Å². The van der Waals surface area contributed by atoms with Crippen LogP contribution in [0.25, 0.3) is 0 Å². The lowest BCUT2D eigenvalue weighted by Crippen LogP contribution is -2.37. The molecular formula is C67H102N2O4. The lowest BCUT2D eigenvalue weighted by molar-refractivity contribution is 0.200. The van der Waals surface area contributed by atoms with Crippen LogP contribution >= 0.6 is 0 Å². The van der Waals surface area contributed by atoms with Gasteiger partial charge in [-0.15, -0.1) is 0 Å². The average Bonchev–Trinajstić information content (AvgIpc) is 3.83. The summed E-state index contributed by atoms with van der Waals surface area (Å²) in [7, 11) is 6.79. The Bertz CT molecular complexity index is 2220. The fraction of sp³-hybridized carbons (Fsp3) is 0.552. The molecule has 1 heterocycles. The third kappa shape index (κ3) is 26.8. The number of benzene rings is 2. The molecule has 0 spiro atoms. The average molecular weight is 1000 g/mol. The molecule has 6 nitrogen and oxygen atoms in total. The highest BCUT2D eigenvalue weighted by Crippen LogP contribution is 2.31. The van der Waals surface area contributed by atoms with Gasteiger partial charge in [0.25, 0.3) is 0 Å². The Hall–Kier alpha value is -4.78. The van der Waals surface area contributed by atoms with Gasteiger partial charge in [-0.25, -0.2) is 0 Å². The van der Waals surface area contributed by atoms with E-state index in [1.807, 2.05) is 12.1 Å². The Labute approximate surface area is 447 Å². The number of ether oxygens (including phenoxy) is 4. The molecule has 6 heteroatoms. The SMILES string of the molecule is COc1ccc(CN2CCC(N(C/C=C(\C)CC/C=C(\C)CC/C=C(\C)CC/C=C(\C)CC/C=C(\C)CC/C=C(\C)CC/C=C(\C)CC/C=C(\C)CCC=C(C)C)Cc3ccc(OC)c(OC)c3)C2)cc1OC. The molecule has 0 saturated carbocycles. The minimum Gasteiger partial charge on any atom is -0.493 e. The summed E-state index contributed by atoms with van der Waals surface area (Å²) >= 11 is 0. The van der Waals surface area contributed by atoms with Gasteiger partial charge in [-0.2, -0.15) is 0 Å². The maximum absolute atomic E-state index is 5.68. The van der Waals surface area contributed by atoms with E-state index in [0.717, 1.165) is 146 Å². The molecule has 1 unspecified atom stereocenters. The fourth-order valence-electron chi connectivity index (χ4n) is 9.55. The van der Waals surface area contributed by atoms with Crippen molar-refractivity contribution in [3.63, 3.8) is 0 Å². The van der Waals surface area contributed by atoms with E-state index in [0.29, 0.717) is 6.04 Å². The van der Waals surface area contributed by atoms with Gasteiger partial charge in [-0.1, -0.05) is 117 Å². The second-order valence-corrected chi connectivity index (χ2v) is 21.5. The van der Waals surface area contributed by atoms with E-state index >= 15 is 0 Å². The van der Waals surface area contributed by atoms with Crippen molar-refractivity contribution in [2.24, 2.45) is 0 Å². The molecule has 0 radical (unpaired) electrons. The molecule has 1 saturated heterocycles. The second-order valence-electron chi connectivity index (χ2n) is 21.5. The summed E-state index contributed by atoms with van der Waals surface area (Å²) in [5.74, 6) is 3.09. The van der Waals surface area contributed by atoms with Crippen LogP contribution in [0.2, 0.25) is 0 Å². The Morgan fingerprint density at radius 3 is 1.12 bits per heavy atom. The predicted octanol–water partition coefficient (Wildman–Crippen LogP) is 18.6. The quantitative estimate of drug-likeness (QED) is 0.0641. The van der Waals surface area contributed by atoms with Gasteiger partial charge in [-0.3, -0.25) is 9.80 Å². The molecule has 0 aromatic heterocycles. The van der Waals surface area contributed by atoms with Crippen molar-refractivity contribution in [2.45, 2.75) is 198 Å². The molecule has 73 heavy (non-hydrogen) atoms. The van der Waals surface area contributed by atoms with E-state index in [-0.39, 0.29) is 0 Å². The van der Waals surface area contributed by atoms with E-state index < -0.39 is 0 Å². The van der Waals surface area contributed by atoms with Crippen LogP contribution in [0.3, 0.4) is 0 Å². The molecule has 1 aliphatic heterocycles. The maximum atomic E-state index is 5.68. The molecule has 3 rings (SSSR count). The molecule has 1 fully saturated rings. The van der Waals surface area contributed by atoms with Crippen LogP contribution < -0.4 is 18.9 Å². The molecule has 0 amide bonds. The molecule has 2 aromatic rings. The minimum atomic E-state index is 0.449. The van der Waals surface area contributed by atoms with Crippen molar-refractivity contribution in [1.82, 2.24) is 9.80 Å². The summed E-state index contributed by atoms with van der Waals surface area (Å²) < 4.78 is 22.3. The van der Waals surface area contributed by atoms with Crippen LogP contribution in [0.5, 0.6) is 23.0 Å². The third-order valence-corrected chi connectivity index (χ3v) is 14.4. The maximum Gasteiger partial charge on any atom is 0.161 e. The molecule has 0 N–H and O–H groups in total. The van der Waals surface area contributed by atoms with Crippen molar-refractivity contribution in [3.05, 3.63) is 152 Å². The Morgan fingerprint density at radius 2 is 0.767 bits per heavy atom. The highest BCUT2D eigenvalue weighted by molar-refractivity contribution is 5.44. The zero-order valence-corrected chi connectivity index (χ0v) is 48.8. The van der Waals surface area contributed by atoms with Crippen LogP contribution in [0.4, 0.5) is 0 Å². The zero-order valence-electron chi connectivity index (χ0n) is 48.8. The third-order valence-electron chi connectivity index (χ3n) is 14.4. The first-order chi connectivity index (χ1) is 35.1. The molecule has 0 aliphatic carbocycles. The normalized spacial score (nSPS) is 15.9. The van der Waals surface area contributed by atoms with Gasteiger partial charge in [0, 0.05) is 38.8 Å². The van der Waals surface area contributed by atoms with Gasteiger partial charge in [0.1, 0.15) is 0 Å². The van der Waals surface area contributed by atoms with Crippen LogP contribution in [-0.2, 0) is 13.1 Å². The summed E-state index contributed by atoms with van der Waals surface area (Å²) in [6.07, 6.45) is 41.5. The largest absolute Gasteiger partial charge is 0.493 e. The highest BCUT2D eigenvalue weighted by atomic mass is 16.5. The minimum absolute atomic E-state index is 0.449. The van der Waals surface area contributed by atoms with Gasteiger partial charge in [0.15, 0.2) is 23.0 Å². The van der Waals surface area contributed by atoms with Crippen molar-refractivity contribution < 1.29 is 18.9 Å². The van der Waals surface area contributed by atoms with Gasteiger partial charge >= 0.3 is 0 Å². The van der Waals surface area contributed by atoms with E-state index in [9.17, 15) is 0 Å². The van der Waals surface area contributed by atoms with Crippen LogP contribution in [-0.4, -0.2) is 63.9 Å². The number of likely N-dealkylation sites (tertiary alicyclic amines) is 1. The predicted molar refractivity (Wildman–Crippen MR) is 317 cm³/mol. The zero-order chi connectivity index (χ0) is 53.4. The standard InChI is InChI=1S/C67H102N2O4/c1-52(2)23-15-24-53(3)25-16-26-54(4)27-17-28-55(5)29-18-30-56(6)31-19-32-57(7)33-20-34-58(8)35-21-36-59(9)37-22-38-60(10)43-46-69(50-62-40-42-65(71-12)67(48-62)73-14)63-44-45-68(51-63)49-61-39-41-64(70-11)66(47-61)72-13/h23,25,27,29,31,33,35,37,39-43,47-48,63H,15-22,24,26,28,30,32,34,36,38,44-46,49-51H2,1-14H3/b53-25+,54-27+,55-29+,56-31+,57-33+,58-35+,59-37+,60-43+. The van der Waals surface area contributed by atoms with Crippen molar-refractivity contribution in [3.8, 4) is 23.0 Å². The van der Waals surface area contributed by atoms with Crippen molar-refractivity contribution in [1.29, 1.82) is 0 Å². The van der Waals surface area contributed by atoms with E-state index in [1.165, 1.54) is 80.5 Å². The summed E-state index contributed by atoms with van der Waals surface area (Å²) in [6, 6.07) is 13.0. The van der Waals surface area contributed by atoms with Gasteiger partial charge < -0.3 is 18.9 Å². The number of nitrogens with zero attached hydrogens (tertiary/aromatic N) is 2. The summed E-state index contributed by atoms with van der Waals surface area (Å²) in [6.45, 7) is 27.5. The Morgan fingerprint density at radius 1 is 0.438 bits per heavy atom. The summed E-state index contributed by atoms with van der Waals surface area (Å²) in [4.78, 5) is 5.21. The first-order valence-electron chi connectivity index (χ1n) is 27.9. The lowest BCUT2D eigenvalue weighted by atomic mass is 10.0. The van der Waals surface area contributed by atoms with Crippen molar-refractivity contribution >= 4 is 0 Å². The van der Waals surface area contributed by atoms with E-state index in [2.05, 4.69) is 158 Å².